The number of nitrogens with zero attached hydrogens (tertiary/aromatic N) is 2. The summed E-state index contributed by atoms with van der Waals surface area (Å²) in [6.45, 7) is 0. The maximum atomic E-state index is 5.41. The molecule has 0 aliphatic heterocycles. The third-order valence-corrected chi connectivity index (χ3v) is 1.59. The molecule has 0 aromatic carbocycles. The fourth-order valence-electron chi connectivity index (χ4n) is 0.740. The van der Waals surface area contributed by atoms with Gasteiger partial charge < -0.3 is 16.5 Å². The molecule has 1 aliphatic carbocycles. The summed E-state index contributed by atoms with van der Waals surface area (Å²) >= 11 is 0. The molecule has 0 radical (unpaired) electrons. The van der Waals surface area contributed by atoms with E-state index < -0.39 is 0 Å². The second kappa shape index (κ2) is 3.85. The highest BCUT2D eigenvalue weighted by Crippen LogP contribution is 2.24. The van der Waals surface area contributed by atoms with Crippen LogP contribution in [0.1, 0.15) is 12.8 Å². The lowest BCUT2D eigenvalue weighted by atomic mass is 10.6. The standard InChI is InChI=1S/C5H12N4.HI/c1-9(4-2-3-4)5(6)8-7;/h4H,2-3,7H2,1H3,(H2,6,8);1H. The zero-order chi connectivity index (χ0) is 6.85. The highest BCUT2D eigenvalue weighted by molar-refractivity contribution is 14.0. The summed E-state index contributed by atoms with van der Waals surface area (Å²) in [6.07, 6.45) is 2.43. The molecule has 1 aliphatic rings. The van der Waals surface area contributed by atoms with E-state index in [4.69, 9.17) is 11.6 Å². The molecule has 1 rings (SSSR count). The second-order valence-corrected chi connectivity index (χ2v) is 2.33. The zero-order valence-corrected chi connectivity index (χ0v) is 8.28. The van der Waals surface area contributed by atoms with E-state index in [9.17, 15) is 0 Å². The van der Waals surface area contributed by atoms with Crippen molar-refractivity contribution in [1.29, 1.82) is 0 Å². The maximum absolute atomic E-state index is 5.41. The number of halogens is 1. The van der Waals surface area contributed by atoms with E-state index in [2.05, 4.69) is 5.10 Å². The molecule has 10 heavy (non-hydrogen) atoms. The molecule has 4 nitrogen and oxygen atoms in total. The fourth-order valence-corrected chi connectivity index (χ4v) is 0.740. The fraction of sp³-hybridized carbons (Fsp3) is 0.800. The highest BCUT2D eigenvalue weighted by Gasteiger charge is 2.27. The lowest BCUT2D eigenvalue weighted by Gasteiger charge is -2.14. The Morgan fingerprint density at radius 2 is 2.10 bits per heavy atom. The molecule has 0 spiro atoms. The van der Waals surface area contributed by atoms with Crippen molar-refractivity contribution in [2.45, 2.75) is 18.9 Å². The van der Waals surface area contributed by atoms with E-state index in [0.717, 1.165) is 0 Å². The largest absolute Gasteiger partial charge is 0.368 e. The van der Waals surface area contributed by atoms with Crippen molar-refractivity contribution in [2.24, 2.45) is 16.7 Å². The molecule has 1 saturated carbocycles. The number of nitrogens with two attached hydrogens (primary N) is 2. The molecule has 0 aromatic rings. The first-order chi connectivity index (χ1) is 4.25. The van der Waals surface area contributed by atoms with E-state index in [1.165, 1.54) is 12.8 Å². The SMILES string of the molecule is CN(/C(N)=N/N)C1CC1.I. The van der Waals surface area contributed by atoms with Gasteiger partial charge in [0, 0.05) is 13.1 Å². The van der Waals surface area contributed by atoms with Gasteiger partial charge in [-0.15, -0.1) is 29.1 Å². The van der Waals surface area contributed by atoms with Crippen molar-refractivity contribution >= 4 is 29.9 Å². The summed E-state index contributed by atoms with van der Waals surface area (Å²) in [5.41, 5.74) is 5.41. The summed E-state index contributed by atoms with van der Waals surface area (Å²) in [6, 6.07) is 0.595. The van der Waals surface area contributed by atoms with Crippen LogP contribution in [0.3, 0.4) is 0 Å². The predicted octanol–water partition coefficient (Wildman–Crippen LogP) is -0.113. The minimum Gasteiger partial charge on any atom is -0.368 e. The van der Waals surface area contributed by atoms with Crippen LogP contribution in [0, 0.1) is 0 Å². The van der Waals surface area contributed by atoms with Crippen LogP contribution >= 0.6 is 24.0 Å². The predicted molar refractivity (Wildman–Crippen MR) is 52.0 cm³/mol. The zero-order valence-electron chi connectivity index (χ0n) is 5.95. The molecule has 1 fully saturated rings. The van der Waals surface area contributed by atoms with Crippen LogP contribution in [0.15, 0.2) is 5.10 Å². The Hall–Kier alpha value is -0.200. The highest BCUT2D eigenvalue weighted by atomic mass is 127. The molecule has 5 heteroatoms. The maximum Gasteiger partial charge on any atom is 0.213 e. The molecule has 0 unspecified atom stereocenters. The number of guanidine groups is 1. The van der Waals surface area contributed by atoms with Crippen molar-refractivity contribution in [3.8, 4) is 0 Å². The van der Waals surface area contributed by atoms with Gasteiger partial charge in [-0.05, 0) is 12.8 Å². The van der Waals surface area contributed by atoms with Crippen molar-refractivity contribution in [2.75, 3.05) is 7.05 Å². The van der Waals surface area contributed by atoms with Crippen LogP contribution in [-0.2, 0) is 0 Å². The van der Waals surface area contributed by atoms with Crippen LogP contribution in [-0.4, -0.2) is 23.9 Å². The molecular formula is C5H13IN4. The minimum absolute atomic E-state index is 0. The third-order valence-electron chi connectivity index (χ3n) is 1.59. The first-order valence-corrected chi connectivity index (χ1v) is 3.02. The van der Waals surface area contributed by atoms with Crippen molar-refractivity contribution in [3.05, 3.63) is 0 Å². The van der Waals surface area contributed by atoms with Gasteiger partial charge in [0.2, 0.25) is 5.96 Å². The van der Waals surface area contributed by atoms with E-state index in [1.54, 1.807) is 0 Å². The van der Waals surface area contributed by atoms with E-state index in [0.29, 0.717) is 12.0 Å². The van der Waals surface area contributed by atoms with Crippen LogP contribution in [0.25, 0.3) is 0 Å². The van der Waals surface area contributed by atoms with Crippen molar-refractivity contribution in [3.63, 3.8) is 0 Å². The molecule has 0 atom stereocenters. The van der Waals surface area contributed by atoms with Gasteiger partial charge in [-0.25, -0.2) is 0 Å². The minimum atomic E-state index is 0. The summed E-state index contributed by atoms with van der Waals surface area (Å²) in [5, 5.41) is 3.37. The van der Waals surface area contributed by atoms with Gasteiger partial charge in [-0.3, -0.25) is 0 Å². The van der Waals surface area contributed by atoms with Gasteiger partial charge in [0.15, 0.2) is 0 Å². The van der Waals surface area contributed by atoms with E-state index >= 15 is 0 Å². The number of hydrogen-bond donors (Lipinski definition) is 2. The lowest BCUT2D eigenvalue weighted by molar-refractivity contribution is 0.488. The van der Waals surface area contributed by atoms with Crippen LogP contribution in [0.2, 0.25) is 0 Å². The van der Waals surface area contributed by atoms with Gasteiger partial charge >= 0.3 is 0 Å². The topological polar surface area (TPSA) is 67.6 Å². The summed E-state index contributed by atoms with van der Waals surface area (Å²) < 4.78 is 0. The molecule has 0 heterocycles. The molecule has 0 saturated heterocycles. The Kier molecular flexibility index (Phi) is 3.77. The first-order valence-electron chi connectivity index (χ1n) is 3.02. The Balaban J connectivity index is 0.000000810. The molecule has 60 valence electrons. The van der Waals surface area contributed by atoms with Crippen molar-refractivity contribution in [1.82, 2.24) is 4.90 Å². The monoisotopic (exact) mass is 256 g/mol. The Morgan fingerprint density at radius 1 is 1.60 bits per heavy atom. The molecule has 4 N–H and O–H groups in total. The third kappa shape index (κ3) is 2.20. The molecule has 0 aromatic heterocycles. The van der Waals surface area contributed by atoms with Crippen LogP contribution in [0.5, 0.6) is 0 Å². The second-order valence-electron chi connectivity index (χ2n) is 2.33. The average Bonchev–Trinajstić information content (AvgIpc) is 2.66. The normalized spacial score (nSPS) is 17.9. The molecule has 0 amide bonds. The van der Waals surface area contributed by atoms with Gasteiger partial charge in [0.1, 0.15) is 0 Å². The molecular weight excluding hydrogens is 243 g/mol. The number of hydrogen-bond acceptors (Lipinski definition) is 2. The Bertz CT molecular complexity index is 132. The van der Waals surface area contributed by atoms with Gasteiger partial charge in [0.05, 0.1) is 0 Å². The lowest BCUT2D eigenvalue weighted by Crippen LogP contribution is -2.36. The quantitative estimate of drug-likeness (QED) is 0.226. The average molecular weight is 256 g/mol. The van der Waals surface area contributed by atoms with Crippen LogP contribution in [0.4, 0.5) is 0 Å². The summed E-state index contributed by atoms with van der Waals surface area (Å²) in [5.74, 6) is 5.39. The summed E-state index contributed by atoms with van der Waals surface area (Å²) in [4.78, 5) is 1.90. The van der Waals surface area contributed by atoms with Gasteiger partial charge in [-0.1, -0.05) is 0 Å². The molecule has 0 bridgehead atoms. The Labute approximate surface area is 77.6 Å². The smallest absolute Gasteiger partial charge is 0.213 e. The van der Waals surface area contributed by atoms with Crippen LogP contribution < -0.4 is 11.6 Å². The van der Waals surface area contributed by atoms with Crippen molar-refractivity contribution < 1.29 is 0 Å². The number of rotatable bonds is 1. The van der Waals surface area contributed by atoms with Gasteiger partial charge in [0.25, 0.3) is 0 Å². The van der Waals surface area contributed by atoms with Gasteiger partial charge in [-0.2, -0.15) is 0 Å². The Morgan fingerprint density at radius 3 is 2.40 bits per heavy atom. The first kappa shape index (κ1) is 9.80. The van der Waals surface area contributed by atoms with E-state index in [1.807, 2.05) is 11.9 Å². The van der Waals surface area contributed by atoms with E-state index in [-0.39, 0.29) is 24.0 Å². The summed E-state index contributed by atoms with van der Waals surface area (Å²) in [7, 11) is 1.91. The number of hydrazone groups is 1.